The van der Waals surface area contributed by atoms with Gasteiger partial charge in [-0.1, -0.05) is 44.9 Å². The Bertz CT molecular complexity index is 180. The van der Waals surface area contributed by atoms with Gasteiger partial charge in [0.05, 0.1) is 6.54 Å². The molecule has 0 aromatic carbocycles. The Morgan fingerprint density at radius 2 is 2.21 bits per heavy atom. The Hall–Kier alpha value is -0.180. The molecule has 0 aromatic rings. The van der Waals surface area contributed by atoms with E-state index in [-0.39, 0.29) is 0 Å². The number of nitrogens with one attached hydrogen (secondary N) is 1. The Morgan fingerprint density at radius 3 is 2.79 bits per heavy atom. The number of hydrogen-bond donors (Lipinski definition) is 1. The zero-order valence-electron chi connectivity index (χ0n) is 9.38. The van der Waals surface area contributed by atoms with Gasteiger partial charge in [-0.05, 0) is 12.8 Å². The van der Waals surface area contributed by atoms with Gasteiger partial charge >= 0.3 is 0 Å². The predicted molar refractivity (Wildman–Crippen MR) is 66.1 cm³/mol. The van der Waals surface area contributed by atoms with Crippen LogP contribution in [0.5, 0.6) is 0 Å². The molecule has 1 aliphatic heterocycles. The van der Waals surface area contributed by atoms with E-state index in [1.165, 1.54) is 37.3 Å². The van der Waals surface area contributed by atoms with Crippen molar-refractivity contribution in [3.8, 4) is 0 Å². The minimum absolute atomic E-state index is 0.657. The van der Waals surface area contributed by atoms with Gasteiger partial charge in [0.1, 0.15) is 0 Å². The van der Waals surface area contributed by atoms with Crippen LogP contribution in [0.15, 0.2) is 4.99 Å². The van der Waals surface area contributed by atoms with E-state index in [0.717, 1.165) is 12.3 Å². The summed E-state index contributed by atoms with van der Waals surface area (Å²) >= 11 is 1.87. The molecule has 3 heteroatoms. The van der Waals surface area contributed by atoms with Crippen molar-refractivity contribution < 1.29 is 0 Å². The maximum atomic E-state index is 4.43. The molecule has 0 aliphatic carbocycles. The number of unbranched alkanes of at least 4 members (excludes halogenated alkanes) is 1. The summed E-state index contributed by atoms with van der Waals surface area (Å²) in [6, 6.07) is 0.657. The summed E-state index contributed by atoms with van der Waals surface area (Å²) < 4.78 is 0. The normalized spacial score (nSPS) is 18.0. The van der Waals surface area contributed by atoms with E-state index >= 15 is 0 Å². The first-order valence-corrected chi connectivity index (χ1v) is 6.79. The van der Waals surface area contributed by atoms with E-state index in [1.54, 1.807) is 0 Å². The van der Waals surface area contributed by atoms with Crippen LogP contribution >= 0.6 is 11.8 Å². The van der Waals surface area contributed by atoms with Crippen molar-refractivity contribution in [2.24, 2.45) is 4.99 Å². The van der Waals surface area contributed by atoms with Crippen LogP contribution in [0.4, 0.5) is 0 Å². The number of amidine groups is 1. The van der Waals surface area contributed by atoms with E-state index in [0.29, 0.717) is 6.04 Å². The second-order valence-electron chi connectivity index (χ2n) is 3.81. The first-order chi connectivity index (χ1) is 6.86. The number of aliphatic imine (C=N–C) groups is 1. The van der Waals surface area contributed by atoms with Crippen LogP contribution in [0.25, 0.3) is 0 Å². The molecule has 0 aromatic heterocycles. The van der Waals surface area contributed by atoms with Gasteiger partial charge in [0, 0.05) is 11.8 Å². The zero-order chi connectivity index (χ0) is 10.2. The lowest BCUT2D eigenvalue weighted by Crippen LogP contribution is -2.32. The summed E-state index contributed by atoms with van der Waals surface area (Å²) in [5.74, 6) is 1.16. The molecule has 82 valence electrons. The van der Waals surface area contributed by atoms with Gasteiger partial charge in [-0.15, -0.1) is 0 Å². The molecule has 0 fully saturated rings. The summed E-state index contributed by atoms with van der Waals surface area (Å²) in [6.45, 7) is 5.51. The minimum Gasteiger partial charge on any atom is -0.362 e. The molecule has 0 radical (unpaired) electrons. The fourth-order valence-corrected chi connectivity index (χ4v) is 2.49. The van der Waals surface area contributed by atoms with Crippen molar-refractivity contribution in [2.45, 2.75) is 52.0 Å². The van der Waals surface area contributed by atoms with Crippen LogP contribution in [0.3, 0.4) is 0 Å². The highest BCUT2D eigenvalue weighted by atomic mass is 32.2. The van der Waals surface area contributed by atoms with Crippen molar-refractivity contribution in [1.29, 1.82) is 0 Å². The third kappa shape index (κ3) is 4.36. The summed E-state index contributed by atoms with van der Waals surface area (Å²) in [4.78, 5) is 4.43. The quantitative estimate of drug-likeness (QED) is 0.735. The Labute approximate surface area is 92.0 Å². The third-order valence-corrected chi connectivity index (χ3v) is 3.36. The molecule has 14 heavy (non-hydrogen) atoms. The van der Waals surface area contributed by atoms with Crippen molar-refractivity contribution in [3.63, 3.8) is 0 Å². The van der Waals surface area contributed by atoms with E-state index in [4.69, 9.17) is 0 Å². The van der Waals surface area contributed by atoms with Gasteiger partial charge in [0.15, 0.2) is 5.17 Å². The predicted octanol–water partition coefficient (Wildman–Crippen LogP) is 3.04. The second kappa shape index (κ2) is 7.16. The smallest absolute Gasteiger partial charge is 0.156 e. The standard InChI is InChI=1S/C11H22N2S/c1-3-5-7-10(6-4-2)13-11-12-8-9-14-11/h10H,3-9H2,1-2H3,(H,12,13). The summed E-state index contributed by atoms with van der Waals surface area (Å²) in [5, 5.41) is 4.74. The lowest BCUT2D eigenvalue weighted by atomic mass is 10.1. The van der Waals surface area contributed by atoms with Gasteiger partial charge in [-0.25, -0.2) is 0 Å². The number of nitrogens with zero attached hydrogens (tertiary/aromatic N) is 1. The highest BCUT2D eigenvalue weighted by Gasteiger charge is 2.12. The van der Waals surface area contributed by atoms with Crippen LogP contribution in [-0.4, -0.2) is 23.5 Å². The molecule has 0 saturated heterocycles. The number of rotatable bonds is 6. The third-order valence-electron chi connectivity index (χ3n) is 2.46. The van der Waals surface area contributed by atoms with E-state index in [1.807, 2.05) is 11.8 Å². The summed E-state index contributed by atoms with van der Waals surface area (Å²) in [7, 11) is 0. The first-order valence-electron chi connectivity index (χ1n) is 5.80. The van der Waals surface area contributed by atoms with Crippen LogP contribution in [0, 0.1) is 0 Å². The molecular formula is C11H22N2S. The van der Waals surface area contributed by atoms with Crippen LogP contribution in [-0.2, 0) is 0 Å². The average molecular weight is 214 g/mol. The Balaban J connectivity index is 2.26. The summed E-state index contributed by atoms with van der Waals surface area (Å²) in [6.07, 6.45) is 6.46. The number of hydrogen-bond acceptors (Lipinski definition) is 3. The minimum atomic E-state index is 0.657. The van der Waals surface area contributed by atoms with Crippen molar-refractivity contribution in [3.05, 3.63) is 0 Å². The molecule has 1 rings (SSSR count). The fourth-order valence-electron chi connectivity index (χ4n) is 1.68. The molecule has 1 heterocycles. The van der Waals surface area contributed by atoms with E-state index < -0.39 is 0 Å². The van der Waals surface area contributed by atoms with Crippen molar-refractivity contribution in [2.75, 3.05) is 12.3 Å². The molecule has 2 nitrogen and oxygen atoms in total. The molecule has 0 amide bonds. The molecule has 1 N–H and O–H groups in total. The molecular weight excluding hydrogens is 192 g/mol. The first kappa shape index (κ1) is 11.9. The summed E-state index contributed by atoms with van der Waals surface area (Å²) in [5.41, 5.74) is 0. The lowest BCUT2D eigenvalue weighted by molar-refractivity contribution is 0.497. The van der Waals surface area contributed by atoms with Crippen LogP contribution in [0.1, 0.15) is 46.0 Å². The monoisotopic (exact) mass is 214 g/mol. The van der Waals surface area contributed by atoms with E-state index in [2.05, 4.69) is 24.2 Å². The van der Waals surface area contributed by atoms with Crippen LogP contribution < -0.4 is 5.32 Å². The highest BCUT2D eigenvalue weighted by molar-refractivity contribution is 8.14. The van der Waals surface area contributed by atoms with Crippen molar-refractivity contribution >= 4 is 16.9 Å². The van der Waals surface area contributed by atoms with Gasteiger partial charge in [-0.2, -0.15) is 0 Å². The molecule has 0 spiro atoms. The molecule has 1 atom stereocenters. The maximum absolute atomic E-state index is 4.43. The Morgan fingerprint density at radius 1 is 1.36 bits per heavy atom. The molecule has 0 saturated carbocycles. The maximum Gasteiger partial charge on any atom is 0.156 e. The van der Waals surface area contributed by atoms with Crippen LogP contribution in [0.2, 0.25) is 0 Å². The SMILES string of the molecule is CCCCC(CCC)NC1=NCCS1. The fraction of sp³-hybridized carbons (Fsp3) is 0.909. The Kier molecular flexibility index (Phi) is 6.08. The number of thioether (sulfide) groups is 1. The van der Waals surface area contributed by atoms with Crippen molar-refractivity contribution in [1.82, 2.24) is 5.32 Å². The lowest BCUT2D eigenvalue weighted by Gasteiger charge is -2.18. The van der Waals surface area contributed by atoms with Gasteiger partial charge in [-0.3, -0.25) is 4.99 Å². The largest absolute Gasteiger partial charge is 0.362 e. The molecule has 0 bridgehead atoms. The molecule has 1 unspecified atom stereocenters. The molecule has 1 aliphatic rings. The van der Waals surface area contributed by atoms with Gasteiger partial charge in [0.25, 0.3) is 0 Å². The average Bonchev–Trinajstić information content (AvgIpc) is 2.67. The topological polar surface area (TPSA) is 24.4 Å². The van der Waals surface area contributed by atoms with Gasteiger partial charge < -0.3 is 5.32 Å². The van der Waals surface area contributed by atoms with E-state index in [9.17, 15) is 0 Å². The second-order valence-corrected chi connectivity index (χ2v) is 4.89. The van der Waals surface area contributed by atoms with Gasteiger partial charge in [0.2, 0.25) is 0 Å². The highest BCUT2D eigenvalue weighted by Crippen LogP contribution is 2.13. The zero-order valence-corrected chi connectivity index (χ0v) is 10.2.